The van der Waals surface area contributed by atoms with Gasteiger partial charge in [-0.1, -0.05) is 49.4 Å². The van der Waals surface area contributed by atoms with Crippen LogP contribution >= 0.6 is 0 Å². The zero-order valence-electron chi connectivity index (χ0n) is 9.61. The summed E-state index contributed by atoms with van der Waals surface area (Å²) in [5.74, 6) is 0. The van der Waals surface area contributed by atoms with Crippen molar-refractivity contribution < 1.29 is 0 Å². The summed E-state index contributed by atoms with van der Waals surface area (Å²) in [6.07, 6.45) is 1.95. The summed E-state index contributed by atoms with van der Waals surface area (Å²) in [6, 6.07) is 16.8. The van der Waals surface area contributed by atoms with Crippen LogP contribution in [-0.4, -0.2) is 0 Å². The van der Waals surface area contributed by atoms with E-state index >= 15 is 0 Å². The molecule has 0 aliphatic rings. The van der Waals surface area contributed by atoms with Crippen LogP contribution in [0.25, 0.3) is 0 Å². The lowest BCUT2D eigenvalue weighted by atomic mass is 10.0. The van der Waals surface area contributed by atoms with E-state index in [2.05, 4.69) is 49.4 Å². The van der Waals surface area contributed by atoms with Gasteiger partial charge in [0.25, 0.3) is 0 Å². The smallest absolute Gasteiger partial charge is 0.0352 e. The van der Waals surface area contributed by atoms with E-state index in [0.29, 0.717) is 0 Å². The minimum Gasteiger partial charge on any atom is -0.398 e. The van der Waals surface area contributed by atoms with Crippen molar-refractivity contribution in [3.8, 4) is 0 Å². The van der Waals surface area contributed by atoms with Crippen molar-refractivity contribution in [1.29, 1.82) is 0 Å². The summed E-state index contributed by atoms with van der Waals surface area (Å²) >= 11 is 0. The van der Waals surface area contributed by atoms with Gasteiger partial charge in [0.05, 0.1) is 0 Å². The SMILES string of the molecule is CCc1ccc(Cc2ccccc2)c(N)c1. The van der Waals surface area contributed by atoms with Gasteiger partial charge in [-0.05, 0) is 35.6 Å². The molecule has 0 aliphatic heterocycles. The van der Waals surface area contributed by atoms with Gasteiger partial charge in [0.1, 0.15) is 0 Å². The summed E-state index contributed by atoms with van der Waals surface area (Å²) in [7, 11) is 0. The third-order valence-electron chi connectivity index (χ3n) is 2.86. The van der Waals surface area contributed by atoms with E-state index in [1.54, 1.807) is 0 Å². The molecule has 2 aromatic rings. The normalized spacial score (nSPS) is 10.3. The van der Waals surface area contributed by atoms with E-state index in [1.807, 2.05) is 6.07 Å². The van der Waals surface area contributed by atoms with Crippen molar-refractivity contribution in [3.63, 3.8) is 0 Å². The molecular weight excluding hydrogens is 194 g/mol. The Morgan fingerprint density at radius 1 is 0.938 bits per heavy atom. The third-order valence-corrected chi connectivity index (χ3v) is 2.86. The summed E-state index contributed by atoms with van der Waals surface area (Å²) in [5.41, 5.74) is 10.8. The molecule has 82 valence electrons. The molecule has 0 amide bonds. The van der Waals surface area contributed by atoms with Crippen molar-refractivity contribution in [1.82, 2.24) is 0 Å². The van der Waals surface area contributed by atoms with Crippen LogP contribution < -0.4 is 5.73 Å². The van der Waals surface area contributed by atoms with Gasteiger partial charge < -0.3 is 5.73 Å². The van der Waals surface area contributed by atoms with Crippen molar-refractivity contribution in [2.75, 3.05) is 5.73 Å². The standard InChI is InChI=1S/C15H17N/c1-2-12-8-9-14(15(16)11-12)10-13-6-4-3-5-7-13/h3-9,11H,2,10,16H2,1H3. The molecule has 0 saturated carbocycles. The maximum atomic E-state index is 6.04. The molecule has 0 spiro atoms. The topological polar surface area (TPSA) is 26.0 Å². The van der Waals surface area contributed by atoms with Crippen molar-refractivity contribution in [2.45, 2.75) is 19.8 Å². The molecular formula is C15H17N. The number of nitrogen functional groups attached to an aromatic ring is 1. The quantitative estimate of drug-likeness (QED) is 0.773. The molecule has 16 heavy (non-hydrogen) atoms. The fourth-order valence-corrected chi connectivity index (χ4v) is 1.84. The fourth-order valence-electron chi connectivity index (χ4n) is 1.84. The van der Waals surface area contributed by atoms with E-state index in [-0.39, 0.29) is 0 Å². The molecule has 0 aliphatic carbocycles. The number of hydrogen-bond acceptors (Lipinski definition) is 1. The highest BCUT2D eigenvalue weighted by Gasteiger charge is 2.01. The largest absolute Gasteiger partial charge is 0.398 e. The average molecular weight is 211 g/mol. The highest BCUT2D eigenvalue weighted by atomic mass is 14.6. The molecule has 0 heterocycles. The van der Waals surface area contributed by atoms with Gasteiger partial charge in [-0.15, -0.1) is 0 Å². The van der Waals surface area contributed by atoms with E-state index in [1.165, 1.54) is 16.7 Å². The predicted octanol–water partition coefficient (Wildman–Crippen LogP) is 3.42. The molecule has 0 aromatic heterocycles. The lowest BCUT2D eigenvalue weighted by Crippen LogP contribution is -1.97. The summed E-state index contributed by atoms with van der Waals surface area (Å²) < 4.78 is 0. The van der Waals surface area contributed by atoms with E-state index in [9.17, 15) is 0 Å². The molecule has 1 nitrogen and oxygen atoms in total. The molecule has 0 fully saturated rings. The predicted molar refractivity (Wildman–Crippen MR) is 69.5 cm³/mol. The Labute approximate surface area is 96.9 Å². The number of nitrogens with two attached hydrogens (primary N) is 1. The van der Waals surface area contributed by atoms with Gasteiger partial charge in [0.15, 0.2) is 0 Å². The first-order chi connectivity index (χ1) is 7.79. The third kappa shape index (κ3) is 2.43. The van der Waals surface area contributed by atoms with E-state index in [4.69, 9.17) is 5.73 Å². The van der Waals surface area contributed by atoms with Crippen LogP contribution in [0.1, 0.15) is 23.6 Å². The van der Waals surface area contributed by atoms with Crippen LogP contribution in [-0.2, 0) is 12.8 Å². The van der Waals surface area contributed by atoms with Gasteiger partial charge in [-0.3, -0.25) is 0 Å². The van der Waals surface area contributed by atoms with Gasteiger partial charge in [-0.25, -0.2) is 0 Å². The Kier molecular flexibility index (Phi) is 3.25. The highest BCUT2D eigenvalue weighted by molar-refractivity contribution is 5.51. The molecule has 0 saturated heterocycles. The van der Waals surface area contributed by atoms with Crippen LogP contribution in [0.3, 0.4) is 0 Å². The summed E-state index contributed by atoms with van der Waals surface area (Å²) in [6.45, 7) is 2.14. The summed E-state index contributed by atoms with van der Waals surface area (Å²) in [4.78, 5) is 0. The number of anilines is 1. The maximum Gasteiger partial charge on any atom is 0.0352 e. The van der Waals surface area contributed by atoms with Crippen LogP contribution in [0, 0.1) is 0 Å². The molecule has 1 heteroatoms. The fraction of sp³-hybridized carbons (Fsp3) is 0.200. The molecule has 2 aromatic carbocycles. The zero-order valence-corrected chi connectivity index (χ0v) is 9.61. The first-order valence-electron chi connectivity index (χ1n) is 5.71. The monoisotopic (exact) mass is 211 g/mol. The average Bonchev–Trinajstić information content (AvgIpc) is 2.33. The Morgan fingerprint density at radius 3 is 2.31 bits per heavy atom. The Balaban J connectivity index is 2.22. The lowest BCUT2D eigenvalue weighted by Gasteiger charge is -2.07. The Morgan fingerprint density at radius 2 is 1.69 bits per heavy atom. The van der Waals surface area contributed by atoms with Crippen LogP contribution in [0.4, 0.5) is 5.69 Å². The van der Waals surface area contributed by atoms with Crippen LogP contribution in [0.15, 0.2) is 48.5 Å². The van der Waals surface area contributed by atoms with Gasteiger partial charge in [-0.2, -0.15) is 0 Å². The number of rotatable bonds is 3. The van der Waals surface area contributed by atoms with Gasteiger partial charge in [0.2, 0.25) is 0 Å². The lowest BCUT2D eigenvalue weighted by molar-refractivity contribution is 1.12. The molecule has 0 atom stereocenters. The van der Waals surface area contributed by atoms with Crippen LogP contribution in [0.2, 0.25) is 0 Å². The highest BCUT2D eigenvalue weighted by Crippen LogP contribution is 2.18. The zero-order chi connectivity index (χ0) is 11.4. The molecule has 0 unspecified atom stereocenters. The van der Waals surface area contributed by atoms with Gasteiger partial charge >= 0.3 is 0 Å². The first kappa shape index (κ1) is 10.7. The second-order valence-corrected chi connectivity index (χ2v) is 4.05. The first-order valence-corrected chi connectivity index (χ1v) is 5.71. The molecule has 0 bridgehead atoms. The van der Waals surface area contributed by atoms with E-state index < -0.39 is 0 Å². The summed E-state index contributed by atoms with van der Waals surface area (Å²) in [5, 5.41) is 0. The van der Waals surface area contributed by atoms with Crippen molar-refractivity contribution in [3.05, 3.63) is 65.2 Å². The maximum absolute atomic E-state index is 6.04. The molecule has 2 N–H and O–H groups in total. The molecule has 0 radical (unpaired) electrons. The van der Waals surface area contributed by atoms with Gasteiger partial charge in [0, 0.05) is 5.69 Å². The van der Waals surface area contributed by atoms with E-state index in [0.717, 1.165) is 18.5 Å². The van der Waals surface area contributed by atoms with Crippen molar-refractivity contribution in [2.24, 2.45) is 0 Å². The number of hydrogen-bond donors (Lipinski definition) is 1. The minimum atomic E-state index is 0.906. The number of aryl methyl sites for hydroxylation is 1. The minimum absolute atomic E-state index is 0.906. The Bertz CT molecular complexity index is 460. The van der Waals surface area contributed by atoms with Crippen LogP contribution in [0.5, 0.6) is 0 Å². The van der Waals surface area contributed by atoms with Crippen molar-refractivity contribution >= 4 is 5.69 Å². The molecule has 2 rings (SSSR count). The second kappa shape index (κ2) is 4.84. The second-order valence-electron chi connectivity index (χ2n) is 4.05. The number of benzene rings is 2. The Hall–Kier alpha value is -1.76.